The van der Waals surface area contributed by atoms with Crippen molar-refractivity contribution in [3.8, 4) is 0 Å². The van der Waals surface area contributed by atoms with Gasteiger partial charge in [-0.1, -0.05) is 23.2 Å². The van der Waals surface area contributed by atoms with E-state index in [1.54, 1.807) is 30.6 Å². The van der Waals surface area contributed by atoms with Gasteiger partial charge in [-0.15, -0.1) is 0 Å². The van der Waals surface area contributed by atoms with Crippen molar-refractivity contribution >= 4 is 34.2 Å². The van der Waals surface area contributed by atoms with Gasteiger partial charge in [-0.25, -0.2) is 9.97 Å². The number of aliphatic hydroxyl groups is 1. The van der Waals surface area contributed by atoms with Crippen LogP contribution in [0.4, 0.5) is 5.82 Å². The number of fused-ring (bicyclic) bond motifs is 1. The van der Waals surface area contributed by atoms with Crippen LogP contribution in [0.25, 0.3) is 10.9 Å². The normalized spacial score (nSPS) is 22.0. The molecule has 2 aromatic carbocycles. The molecule has 5 rings (SSSR count). The van der Waals surface area contributed by atoms with Gasteiger partial charge in [0.05, 0.1) is 17.7 Å². The van der Waals surface area contributed by atoms with E-state index < -0.39 is 6.10 Å². The lowest BCUT2D eigenvalue weighted by Gasteiger charge is -2.38. The quantitative estimate of drug-likeness (QED) is 0.660. The molecule has 3 aromatic rings. The van der Waals surface area contributed by atoms with Gasteiger partial charge in [-0.05, 0) is 43.3 Å². The maximum Gasteiger partial charge on any atom is 0.253 e. The Labute approximate surface area is 192 Å². The number of hydrogen-bond acceptors (Lipinski definition) is 6. The Hall–Kier alpha value is -2.74. The molecule has 0 unspecified atom stereocenters. The molecular formula is C24H26ClN5O2. The molecule has 2 atom stereocenters. The van der Waals surface area contributed by atoms with E-state index >= 15 is 0 Å². The third kappa shape index (κ3) is 4.03. The van der Waals surface area contributed by atoms with Crippen LogP contribution in [0, 0.1) is 6.92 Å². The van der Waals surface area contributed by atoms with Crippen LogP contribution in [0.2, 0.25) is 5.02 Å². The van der Waals surface area contributed by atoms with Crippen molar-refractivity contribution in [2.24, 2.45) is 0 Å². The van der Waals surface area contributed by atoms with E-state index in [0.717, 1.165) is 35.4 Å². The molecule has 2 fully saturated rings. The van der Waals surface area contributed by atoms with Crippen molar-refractivity contribution in [3.63, 3.8) is 0 Å². The number of carbonyl (C=O) groups is 1. The molecule has 1 amide bonds. The van der Waals surface area contributed by atoms with E-state index in [4.69, 9.17) is 11.6 Å². The minimum absolute atomic E-state index is 0.0117. The SMILES string of the molecule is Cc1ccc2ncnc(N3C[C@H](O)[C@@H](N4CCN(C(=O)c5ccc(Cl)cc5)CC4)C3)c2c1. The summed E-state index contributed by atoms with van der Waals surface area (Å²) in [7, 11) is 0. The summed E-state index contributed by atoms with van der Waals surface area (Å²) in [4.78, 5) is 28.0. The van der Waals surface area contributed by atoms with Gasteiger partial charge < -0.3 is 14.9 Å². The van der Waals surface area contributed by atoms with Crippen molar-refractivity contribution < 1.29 is 9.90 Å². The smallest absolute Gasteiger partial charge is 0.253 e. The number of nitrogens with zero attached hydrogens (tertiary/aromatic N) is 5. The lowest BCUT2D eigenvalue weighted by molar-refractivity contribution is 0.0376. The largest absolute Gasteiger partial charge is 0.390 e. The number of benzene rings is 2. The molecule has 0 saturated carbocycles. The molecule has 0 aliphatic carbocycles. The molecule has 166 valence electrons. The van der Waals surface area contributed by atoms with Crippen LogP contribution in [0.1, 0.15) is 15.9 Å². The Morgan fingerprint density at radius 1 is 1.03 bits per heavy atom. The molecule has 2 aliphatic heterocycles. The minimum Gasteiger partial charge on any atom is -0.390 e. The fourth-order valence-electron chi connectivity index (χ4n) is 4.74. The third-order valence-electron chi connectivity index (χ3n) is 6.49. The number of rotatable bonds is 3. The zero-order chi connectivity index (χ0) is 22.2. The van der Waals surface area contributed by atoms with Crippen LogP contribution in [0.3, 0.4) is 0 Å². The molecule has 7 nitrogen and oxygen atoms in total. The first kappa shape index (κ1) is 21.1. The van der Waals surface area contributed by atoms with Crippen molar-refractivity contribution in [3.05, 3.63) is 64.9 Å². The third-order valence-corrected chi connectivity index (χ3v) is 6.74. The molecule has 3 heterocycles. The zero-order valence-electron chi connectivity index (χ0n) is 18.0. The van der Waals surface area contributed by atoms with Crippen LogP contribution >= 0.6 is 11.6 Å². The number of carbonyl (C=O) groups excluding carboxylic acids is 1. The second-order valence-electron chi connectivity index (χ2n) is 8.59. The van der Waals surface area contributed by atoms with Gasteiger partial charge in [0.15, 0.2) is 0 Å². The number of aromatic nitrogens is 2. The Morgan fingerprint density at radius 2 is 1.78 bits per heavy atom. The summed E-state index contributed by atoms with van der Waals surface area (Å²) in [6.07, 6.45) is 1.12. The molecule has 0 radical (unpaired) electrons. The topological polar surface area (TPSA) is 72.8 Å². The summed E-state index contributed by atoms with van der Waals surface area (Å²) >= 11 is 5.94. The number of piperazine rings is 1. The standard InChI is InChI=1S/C24H26ClN5O2/c1-16-2-7-20-19(12-16)23(27-15-26-20)30-13-21(22(31)14-30)28-8-10-29(11-9-28)24(32)17-3-5-18(25)6-4-17/h2-7,12,15,21-22,31H,8-11,13-14H2,1H3/t21-,22-/m0/s1. The zero-order valence-corrected chi connectivity index (χ0v) is 18.7. The maximum atomic E-state index is 12.8. The molecule has 32 heavy (non-hydrogen) atoms. The van der Waals surface area contributed by atoms with Crippen LogP contribution < -0.4 is 4.90 Å². The fourth-order valence-corrected chi connectivity index (χ4v) is 4.87. The highest BCUT2D eigenvalue weighted by Crippen LogP contribution is 2.29. The molecular weight excluding hydrogens is 426 g/mol. The summed E-state index contributed by atoms with van der Waals surface area (Å²) in [5.41, 5.74) is 2.72. The van der Waals surface area contributed by atoms with Gasteiger partial charge in [0.25, 0.3) is 5.91 Å². The molecule has 1 N–H and O–H groups in total. The number of halogens is 1. The fraction of sp³-hybridized carbons (Fsp3) is 0.375. The minimum atomic E-state index is -0.469. The molecule has 8 heteroatoms. The molecule has 2 aliphatic rings. The number of aliphatic hydroxyl groups excluding tert-OH is 1. The van der Waals surface area contributed by atoms with E-state index in [-0.39, 0.29) is 11.9 Å². The maximum absolute atomic E-state index is 12.8. The number of amides is 1. The van der Waals surface area contributed by atoms with Crippen molar-refractivity contribution in [1.82, 2.24) is 19.8 Å². The lowest BCUT2D eigenvalue weighted by Crippen LogP contribution is -2.54. The van der Waals surface area contributed by atoms with Crippen molar-refractivity contribution in [1.29, 1.82) is 0 Å². The summed E-state index contributed by atoms with van der Waals surface area (Å²) in [6, 6.07) is 13.2. The van der Waals surface area contributed by atoms with Gasteiger partial charge in [0.1, 0.15) is 12.1 Å². The van der Waals surface area contributed by atoms with E-state index in [2.05, 4.69) is 32.8 Å². The van der Waals surface area contributed by atoms with Gasteiger partial charge in [-0.2, -0.15) is 0 Å². The lowest BCUT2D eigenvalue weighted by atomic mass is 10.1. The Morgan fingerprint density at radius 3 is 2.53 bits per heavy atom. The summed E-state index contributed by atoms with van der Waals surface area (Å²) in [6.45, 7) is 6.04. The van der Waals surface area contributed by atoms with Crippen LogP contribution in [-0.2, 0) is 0 Å². The van der Waals surface area contributed by atoms with Crippen LogP contribution in [0.15, 0.2) is 48.8 Å². The highest BCUT2D eigenvalue weighted by Gasteiger charge is 2.38. The second kappa shape index (κ2) is 8.65. The number of aryl methyl sites for hydroxylation is 1. The molecule has 0 spiro atoms. The Kier molecular flexibility index (Phi) is 5.71. The Balaban J connectivity index is 1.26. The van der Waals surface area contributed by atoms with Crippen molar-refractivity contribution in [2.45, 2.75) is 19.1 Å². The highest BCUT2D eigenvalue weighted by atomic mass is 35.5. The van der Waals surface area contributed by atoms with E-state index in [0.29, 0.717) is 36.8 Å². The van der Waals surface area contributed by atoms with Crippen LogP contribution in [0.5, 0.6) is 0 Å². The van der Waals surface area contributed by atoms with E-state index in [9.17, 15) is 9.90 Å². The number of β-amino-alcohol motifs (C(OH)–C–C–N with tert-alkyl or cyclic N) is 1. The predicted molar refractivity (Wildman–Crippen MR) is 125 cm³/mol. The second-order valence-corrected chi connectivity index (χ2v) is 9.03. The summed E-state index contributed by atoms with van der Waals surface area (Å²) in [5.74, 6) is 0.898. The number of anilines is 1. The monoisotopic (exact) mass is 451 g/mol. The van der Waals surface area contributed by atoms with E-state index in [1.165, 1.54) is 0 Å². The highest BCUT2D eigenvalue weighted by molar-refractivity contribution is 6.30. The van der Waals surface area contributed by atoms with Crippen LogP contribution in [-0.4, -0.2) is 82.2 Å². The van der Waals surface area contributed by atoms with Gasteiger partial charge in [0, 0.05) is 55.2 Å². The Bertz CT molecular complexity index is 1130. The van der Waals surface area contributed by atoms with E-state index in [1.807, 2.05) is 17.0 Å². The first-order valence-electron chi connectivity index (χ1n) is 10.9. The summed E-state index contributed by atoms with van der Waals surface area (Å²) < 4.78 is 0. The summed E-state index contributed by atoms with van der Waals surface area (Å²) in [5, 5.41) is 12.5. The average molecular weight is 452 g/mol. The molecule has 0 bridgehead atoms. The van der Waals surface area contributed by atoms with Crippen molar-refractivity contribution in [2.75, 3.05) is 44.2 Å². The molecule has 2 saturated heterocycles. The van der Waals surface area contributed by atoms with Gasteiger partial charge in [0.2, 0.25) is 0 Å². The molecule has 1 aromatic heterocycles. The van der Waals surface area contributed by atoms with Gasteiger partial charge >= 0.3 is 0 Å². The first-order chi connectivity index (χ1) is 15.5. The predicted octanol–water partition coefficient (Wildman–Crippen LogP) is 2.60. The first-order valence-corrected chi connectivity index (χ1v) is 11.3. The average Bonchev–Trinajstić information content (AvgIpc) is 3.20. The number of hydrogen-bond donors (Lipinski definition) is 1. The van der Waals surface area contributed by atoms with Gasteiger partial charge in [-0.3, -0.25) is 9.69 Å².